The molecule has 1 aliphatic rings. The van der Waals surface area contributed by atoms with Gasteiger partial charge in [0, 0.05) is 40.3 Å². The van der Waals surface area contributed by atoms with Gasteiger partial charge in [0.2, 0.25) is 11.8 Å². The number of anilines is 1. The van der Waals surface area contributed by atoms with Gasteiger partial charge in [-0.3, -0.25) is 14.5 Å². The molecule has 1 fully saturated rings. The monoisotopic (exact) mass is 475 g/mol. The van der Waals surface area contributed by atoms with Gasteiger partial charge < -0.3 is 11.1 Å². The maximum atomic E-state index is 12.2. The average Bonchev–Trinajstić information content (AvgIpc) is 2.71. The average molecular weight is 476 g/mol. The maximum absolute atomic E-state index is 12.2. The van der Waals surface area contributed by atoms with Crippen molar-refractivity contribution in [2.45, 2.75) is 30.7 Å². The van der Waals surface area contributed by atoms with Crippen LogP contribution in [0, 0.1) is 5.92 Å². The number of thioether (sulfide) groups is 1. The number of piperidine rings is 1. The summed E-state index contributed by atoms with van der Waals surface area (Å²) < 4.78 is 1.05. The Labute approximate surface area is 184 Å². The van der Waals surface area contributed by atoms with Gasteiger partial charge >= 0.3 is 0 Å². The molecule has 0 aromatic heterocycles. The zero-order chi connectivity index (χ0) is 20.6. The molecular weight excluding hydrogens is 450 g/mol. The molecule has 0 bridgehead atoms. The molecule has 3 rings (SSSR count). The molecule has 2 aromatic rings. The van der Waals surface area contributed by atoms with Crippen LogP contribution in [-0.4, -0.2) is 35.6 Å². The molecule has 2 amide bonds. The topological polar surface area (TPSA) is 75.4 Å². The van der Waals surface area contributed by atoms with Crippen molar-refractivity contribution in [1.82, 2.24) is 4.90 Å². The number of amides is 2. The van der Waals surface area contributed by atoms with Crippen molar-refractivity contribution in [1.29, 1.82) is 0 Å². The zero-order valence-electron chi connectivity index (χ0n) is 16.3. The van der Waals surface area contributed by atoms with Gasteiger partial charge in [-0.1, -0.05) is 28.1 Å². The fourth-order valence-corrected chi connectivity index (χ4v) is 4.51. The predicted molar refractivity (Wildman–Crippen MR) is 122 cm³/mol. The van der Waals surface area contributed by atoms with Crippen LogP contribution in [0.25, 0.3) is 0 Å². The summed E-state index contributed by atoms with van der Waals surface area (Å²) in [6.07, 6.45) is 2.35. The Hall–Kier alpha value is -1.83. The van der Waals surface area contributed by atoms with Gasteiger partial charge in [0.05, 0.1) is 5.92 Å². The second-order valence-corrected chi connectivity index (χ2v) is 9.36. The first-order valence-corrected chi connectivity index (χ1v) is 11.6. The van der Waals surface area contributed by atoms with Crippen LogP contribution in [0.2, 0.25) is 0 Å². The molecule has 0 aliphatic carbocycles. The van der Waals surface area contributed by atoms with Crippen LogP contribution in [0.1, 0.15) is 24.8 Å². The quantitative estimate of drug-likeness (QED) is 0.559. The van der Waals surface area contributed by atoms with Crippen LogP contribution >= 0.6 is 27.7 Å². The molecule has 0 radical (unpaired) electrons. The van der Waals surface area contributed by atoms with Gasteiger partial charge in [-0.2, -0.15) is 0 Å². The number of rotatable bonds is 8. The SMILES string of the molecule is NC(=O)C1CCCN(Cc2ccc(NC(=O)CCSc3ccc(Br)cc3)cc2)C1. The van der Waals surface area contributed by atoms with Crippen molar-refractivity contribution >= 4 is 45.2 Å². The summed E-state index contributed by atoms with van der Waals surface area (Å²) in [5.74, 6) is 0.507. The smallest absolute Gasteiger partial charge is 0.225 e. The summed E-state index contributed by atoms with van der Waals surface area (Å²) in [7, 11) is 0. The number of primary amides is 1. The first-order chi connectivity index (χ1) is 14.0. The number of halogens is 1. The zero-order valence-corrected chi connectivity index (χ0v) is 18.7. The van der Waals surface area contributed by atoms with Crippen molar-refractivity contribution in [3.05, 3.63) is 58.6 Å². The fourth-order valence-electron chi connectivity index (χ4n) is 3.40. The highest BCUT2D eigenvalue weighted by Gasteiger charge is 2.23. The number of hydrogen-bond donors (Lipinski definition) is 2. The first-order valence-electron chi connectivity index (χ1n) is 9.78. The Morgan fingerprint density at radius 3 is 2.55 bits per heavy atom. The molecule has 29 heavy (non-hydrogen) atoms. The van der Waals surface area contributed by atoms with Gasteiger partial charge in [-0.25, -0.2) is 0 Å². The van der Waals surface area contributed by atoms with E-state index < -0.39 is 0 Å². The van der Waals surface area contributed by atoms with Crippen LogP contribution in [0.15, 0.2) is 57.9 Å². The van der Waals surface area contributed by atoms with E-state index in [9.17, 15) is 9.59 Å². The van der Waals surface area contributed by atoms with Crippen LogP contribution < -0.4 is 11.1 Å². The maximum Gasteiger partial charge on any atom is 0.225 e. The number of carbonyl (C=O) groups is 2. The number of nitrogens with zero attached hydrogens (tertiary/aromatic N) is 1. The van der Waals surface area contributed by atoms with Crippen molar-refractivity contribution in [2.24, 2.45) is 11.7 Å². The van der Waals surface area contributed by atoms with Crippen molar-refractivity contribution in [3.8, 4) is 0 Å². The van der Waals surface area contributed by atoms with Crippen LogP contribution in [-0.2, 0) is 16.1 Å². The van der Waals surface area contributed by atoms with Gasteiger partial charge in [0.25, 0.3) is 0 Å². The van der Waals surface area contributed by atoms with Gasteiger partial charge in [-0.05, 0) is 61.3 Å². The van der Waals surface area contributed by atoms with E-state index in [-0.39, 0.29) is 17.7 Å². The number of hydrogen-bond acceptors (Lipinski definition) is 4. The molecule has 3 N–H and O–H groups in total. The summed E-state index contributed by atoms with van der Waals surface area (Å²) >= 11 is 5.09. The Kier molecular flexibility index (Phi) is 8.15. The van der Waals surface area contributed by atoms with E-state index in [1.54, 1.807) is 11.8 Å². The molecule has 7 heteroatoms. The fraction of sp³-hybridized carbons (Fsp3) is 0.364. The highest BCUT2D eigenvalue weighted by atomic mass is 79.9. The number of likely N-dealkylation sites (tertiary alicyclic amines) is 1. The number of benzene rings is 2. The first kappa shape index (κ1) is 21.9. The van der Waals surface area contributed by atoms with Crippen LogP contribution in [0.5, 0.6) is 0 Å². The Morgan fingerprint density at radius 2 is 1.86 bits per heavy atom. The third-order valence-electron chi connectivity index (χ3n) is 4.96. The largest absolute Gasteiger partial charge is 0.369 e. The second-order valence-electron chi connectivity index (χ2n) is 7.27. The van der Waals surface area contributed by atoms with E-state index in [2.05, 4.69) is 26.1 Å². The number of nitrogens with one attached hydrogen (secondary N) is 1. The van der Waals surface area contributed by atoms with Crippen molar-refractivity contribution in [3.63, 3.8) is 0 Å². The van der Waals surface area contributed by atoms with E-state index >= 15 is 0 Å². The summed E-state index contributed by atoms with van der Waals surface area (Å²) in [5.41, 5.74) is 7.43. The van der Waals surface area contributed by atoms with E-state index in [0.29, 0.717) is 6.42 Å². The lowest BCUT2D eigenvalue weighted by Crippen LogP contribution is -2.40. The highest BCUT2D eigenvalue weighted by molar-refractivity contribution is 9.10. The predicted octanol–water partition coefficient (Wildman–Crippen LogP) is 4.27. The lowest BCUT2D eigenvalue weighted by molar-refractivity contribution is -0.123. The molecule has 0 spiro atoms. The molecule has 1 saturated heterocycles. The molecule has 5 nitrogen and oxygen atoms in total. The van der Waals surface area contributed by atoms with Crippen LogP contribution in [0.3, 0.4) is 0 Å². The van der Waals surface area contributed by atoms with E-state index in [4.69, 9.17) is 5.73 Å². The van der Waals surface area contributed by atoms with Gasteiger partial charge in [-0.15, -0.1) is 11.8 Å². The molecule has 0 saturated carbocycles. The molecule has 154 valence electrons. The lowest BCUT2D eigenvalue weighted by Gasteiger charge is -2.31. The minimum atomic E-state index is -0.203. The summed E-state index contributed by atoms with van der Waals surface area (Å²) in [6, 6.07) is 16.0. The Bertz CT molecular complexity index is 827. The second kappa shape index (κ2) is 10.8. The molecular formula is C22H26BrN3O2S. The Morgan fingerprint density at radius 1 is 1.14 bits per heavy atom. The van der Waals surface area contributed by atoms with Gasteiger partial charge in [0.1, 0.15) is 0 Å². The van der Waals surface area contributed by atoms with E-state index in [1.165, 1.54) is 5.56 Å². The van der Waals surface area contributed by atoms with E-state index in [1.807, 2.05) is 48.5 Å². The molecule has 2 aromatic carbocycles. The van der Waals surface area contributed by atoms with Gasteiger partial charge in [0.15, 0.2) is 0 Å². The minimum Gasteiger partial charge on any atom is -0.369 e. The van der Waals surface area contributed by atoms with Crippen LogP contribution in [0.4, 0.5) is 5.69 Å². The number of nitrogens with two attached hydrogens (primary N) is 1. The van der Waals surface area contributed by atoms with E-state index in [0.717, 1.165) is 53.3 Å². The third kappa shape index (κ3) is 7.17. The summed E-state index contributed by atoms with van der Waals surface area (Å²) in [4.78, 5) is 27.0. The van der Waals surface area contributed by atoms with Crippen molar-refractivity contribution in [2.75, 3.05) is 24.2 Å². The molecule has 1 atom stereocenters. The third-order valence-corrected chi connectivity index (χ3v) is 6.51. The minimum absolute atomic E-state index is 0.0164. The summed E-state index contributed by atoms with van der Waals surface area (Å²) in [6.45, 7) is 2.50. The summed E-state index contributed by atoms with van der Waals surface area (Å²) in [5, 5.41) is 2.96. The standard InChI is InChI=1S/C22H26BrN3O2S/c23-18-5-9-20(10-6-18)29-13-11-21(27)25-19-7-3-16(4-8-19)14-26-12-1-2-17(15-26)22(24)28/h3-10,17H,1-2,11-15H2,(H2,24,28)(H,25,27). The number of carbonyl (C=O) groups excluding carboxylic acids is 2. The normalized spacial score (nSPS) is 17.1. The van der Waals surface area contributed by atoms with Crippen molar-refractivity contribution < 1.29 is 9.59 Å². The lowest BCUT2D eigenvalue weighted by atomic mass is 9.97. The molecule has 1 aliphatic heterocycles. The highest BCUT2D eigenvalue weighted by Crippen LogP contribution is 2.22. The Balaban J connectivity index is 1.42. The molecule has 1 unspecified atom stereocenters. The molecule has 1 heterocycles.